The van der Waals surface area contributed by atoms with Crippen LogP contribution in [0.25, 0.3) is 0 Å². The average Bonchev–Trinajstić information content (AvgIpc) is 3.52. The second-order valence-electron chi connectivity index (χ2n) is 7.87. The molecule has 0 spiro atoms. The van der Waals surface area contributed by atoms with Gasteiger partial charge in [-0.25, -0.2) is 0 Å². The molecule has 0 N–H and O–H groups in total. The molecule has 23 heavy (non-hydrogen) atoms. The number of aromatic nitrogens is 1. The predicted molar refractivity (Wildman–Crippen MR) is 85.2 cm³/mol. The third-order valence-electron chi connectivity index (χ3n) is 6.14. The summed E-state index contributed by atoms with van der Waals surface area (Å²) in [6.45, 7) is 3.04. The molecule has 2 saturated carbocycles. The Hall–Kier alpha value is -1.36. The van der Waals surface area contributed by atoms with Crippen molar-refractivity contribution < 1.29 is 9.32 Å². The van der Waals surface area contributed by atoms with Gasteiger partial charge in [0, 0.05) is 37.2 Å². The monoisotopic (exact) mass is 315 g/mol. The van der Waals surface area contributed by atoms with E-state index < -0.39 is 0 Å². The second-order valence-corrected chi connectivity index (χ2v) is 7.87. The first-order valence-corrected chi connectivity index (χ1v) is 9.31. The van der Waals surface area contributed by atoms with Crippen LogP contribution >= 0.6 is 0 Å². The Kier molecular flexibility index (Phi) is 3.25. The number of nitrogens with zero attached hydrogens (tertiary/aromatic N) is 3. The summed E-state index contributed by atoms with van der Waals surface area (Å²) in [6, 6.07) is 3.44. The number of carbonyl (C=O) groups excluding carboxylic acids is 1. The molecule has 0 bridgehead atoms. The molecule has 1 aromatic rings. The van der Waals surface area contributed by atoms with Crippen LogP contribution in [-0.4, -0.2) is 52.6 Å². The molecule has 124 valence electrons. The summed E-state index contributed by atoms with van der Waals surface area (Å²) >= 11 is 0. The number of rotatable bonds is 3. The van der Waals surface area contributed by atoms with Gasteiger partial charge in [0.2, 0.25) is 0 Å². The van der Waals surface area contributed by atoms with Gasteiger partial charge in [-0.05, 0) is 57.4 Å². The largest absolute Gasteiger partial charge is 0.360 e. The fourth-order valence-corrected chi connectivity index (χ4v) is 4.60. The number of carbonyl (C=O) groups is 1. The summed E-state index contributed by atoms with van der Waals surface area (Å²) in [7, 11) is 0. The van der Waals surface area contributed by atoms with E-state index in [1.807, 2.05) is 11.0 Å². The van der Waals surface area contributed by atoms with Crippen molar-refractivity contribution in [2.75, 3.05) is 19.6 Å². The highest BCUT2D eigenvalue weighted by atomic mass is 16.5. The number of hydrogen-bond donors (Lipinski definition) is 0. The van der Waals surface area contributed by atoms with Gasteiger partial charge in [-0.2, -0.15) is 0 Å². The molecule has 2 atom stereocenters. The van der Waals surface area contributed by atoms with Crippen molar-refractivity contribution in [3.8, 4) is 0 Å². The third kappa shape index (κ3) is 2.59. The van der Waals surface area contributed by atoms with Gasteiger partial charge >= 0.3 is 0 Å². The number of fused-ring (bicyclic) bond motifs is 1. The molecular weight excluding hydrogens is 290 g/mol. The van der Waals surface area contributed by atoms with E-state index in [4.69, 9.17) is 4.52 Å². The molecule has 5 heteroatoms. The van der Waals surface area contributed by atoms with E-state index in [9.17, 15) is 4.79 Å². The number of likely N-dealkylation sites (tertiary alicyclic amines) is 2. The van der Waals surface area contributed by atoms with Gasteiger partial charge in [0.1, 0.15) is 5.76 Å². The topological polar surface area (TPSA) is 49.6 Å². The van der Waals surface area contributed by atoms with Crippen LogP contribution in [0.5, 0.6) is 0 Å². The lowest BCUT2D eigenvalue weighted by molar-refractivity contribution is 0.0170. The second kappa shape index (κ2) is 5.33. The molecule has 5 nitrogen and oxygen atoms in total. The summed E-state index contributed by atoms with van der Waals surface area (Å²) in [6.07, 6.45) is 8.80. The van der Waals surface area contributed by atoms with Crippen LogP contribution in [0, 0.1) is 5.92 Å². The first-order valence-electron chi connectivity index (χ1n) is 9.31. The molecule has 2 aliphatic carbocycles. The molecular formula is C18H25N3O2. The maximum Gasteiger partial charge on any atom is 0.276 e. The molecule has 3 heterocycles. The van der Waals surface area contributed by atoms with Gasteiger partial charge in [-0.3, -0.25) is 9.69 Å². The molecule has 5 rings (SSSR count). The summed E-state index contributed by atoms with van der Waals surface area (Å²) in [5, 5.41) is 4.03. The van der Waals surface area contributed by atoms with E-state index in [0.717, 1.165) is 31.3 Å². The fourth-order valence-electron chi connectivity index (χ4n) is 4.60. The van der Waals surface area contributed by atoms with Crippen LogP contribution in [0.1, 0.15) is 67.1 Å². The van der Waals surface area contributed by atoms with Crippen LogP contribution in [0.2, 0.25) is 0 Å². The van der Waals surface area contributed by atoms with Crippen LogP contribution in [-0.2, 0) is 0 Å². The lowest BCUT2D eigenvalue weighted by atomic mass is 9.83. The Morgan fingerprint density at radius 1 is 1.13 bits per heavy atom. The lowest BCUT2D eigenvalue weighted by Gasteiger charge is -2.47. The van der Waals surface area contributed by atoms with Crippen LogP contribution in [0.3, 0.4) is 0 Å². The van der Waals surface area contributed by atoms with Crippen molar-refractivity contribution in [1.82, 2.24) is 15.0 Å². The van der Waals surface area contributed by atoms with E-state index >= 15 is 0 Å². The molecule has 0 unspecified atom stereocenters. The minimum atomic E-state index is 0.0719. The highest BCUT2D eigenvalue weighted by molar-refractivity contribution is 5.92. The van der Waals surface area contributed by atoms with Gasteiger partial charge in [0.15, 0.2) is 5.69 Å². The highest BCUT2D eigenvalue weighted by Crippen LogP contribution is 2.41. The van der Waals surface area contributed by atoms with Crippen molar-refractivity contribution in [3.63, 3.8) is 0 Å². The smallest absolute Gasteiger partial charge is 0.276 e. The van der Waals surface area contributed by atoms with Crippen molar-refractivity contribution >= 4 is 5.91 Å². The summed E-state index contributed by atoms with van der Waals surface area (Å²) in [5.74, 6) is 2.14. The average molecular weight is 315 g/mol. The van der Waals surface area contributed by atoms with Gasteiger partial charge in [-0.15, -0.1) is 0 Å². The Morgan fingerprint density at radius 3 is 2.78 bits per heavy atom. The fraction of sp³-hybridized carbons (Fsp3) is 0.778. The minimum Gasteiger partial charge on any atom is -0.360 e. The normalized spacial score (nSPS) is 31.9. The summed E-state index contributed by atoms with van der Waals surface area (Å²) in [4.78, 5) is 17.5. The van der Waals surface area contributed by atoms with E-state index in [1.165, 1.54) is 45.1 Å². The van der Waals surface area contributed by atoms with Crippen molar-refractivity contribution in [1.29, 1.82) is 0 Å². The van der Waals surface area contributed by atoms with E-state index in [0.29, 0.717) is 23.6 Å². The van der Waals surface area contributed by atoms with Gasteiger partial charge in [0.25, 0.3) is 5.91 Å². The quantitative estimate of drug-likeness (QED) is 0.860. The molecule has 0 aromatic carbocycles. The number of hydrogen-bond acceptors (Lipinski definition) is 4. The zero-order valence-corrected chi connectivity index (χ0v) is 13.6. The number of amides is 1. The minimum absolute atomic E-state index is 0.0719. The third-order valence-corrected chi connectivity index (χ3v) is 6.14. The molecule has 1 amide bonds. The maximum absolute atomic E-state index is 12.7. The zero-order valence-electron chi connectivity index (χ0n) is 13.6. The van der Waals surface area contributed by atoms with E-state index in [2.05, 4.69) is 10.1 Å². The highest BCUT2D eigenvalue weighted by Gasteiger charge is 2.43. The molecule has 4 aliphatic rings. The Morgan fingerprint density at radius 2 is 2.00 bits per heavy atom. The Balaban J connectivity index is 1.27. The summed E-state index contributed by atoms with van der Waals surface area (Å²) < 4.78 is 5.36. The Labute approximate surface area is 137 Å². The van der Waals surface area contributed by atoms with Crippen LogP contribution < -0.4 is 0 Å². The summed E-state index contributed by atoms with van der Waals surface area (Å²) in [5.41, 5.74) is 0.514. The molecule has 2 aliphatic heterocycles. The SMILES string of the molecule is O=C(c1cc(C2CC2)on1)N1CC[C@@H]2[C@@H](CCCN2C2CC2)C1. The van der Waals surface area contributed by atoms with E-state index in [-0.39, 0.29) is 5.91 Å². The van der Waals surface area contributed by atoms with Crippen molar-refractivity contribution in [2.24, 2.45) is 5.92 Å². The van der Waals surface area contributed by atoms with Crippen LogP contribution in [0.4, 0.5) is 0 Å². The molecule has 0 radical (unpaired) electrons. The first-order chi connectivity index (χ1) is 11.3. The van der Waals surface area contributed by atoms with Crippen molar-refractivity contribution in [2.45, 2.75) is 62.9 Å². The molecule has 2 saturated heterocycles. The lowest BCUT2D eigenvalue weighted by Crippen LogP contribution is -2.55. The zero-order chi connectivity index (χ0) is 15.4. The van der Waals surface area contributed by atoms with Gasteiger partial charge < -0.3 is 9.42 Å². The van der Waals surface area contributed by atoms with Gasteiger partial charge in [-0.1, -0.05) is 5.16 Å². The predicted octanol–water partition coefficient (Wildman–Crippen LogP) is 2.64. The van der Waals surface area contributed by atoms with Gasteiger partial charge in [0.05, 0.1) is 0 Å². The standard InChI is InChI=1S/C18H25N3O2/c22-18(15-10-17(23-19-15)12-3-4-12)20-9-7-16-13(11-20)2-1-8-21(16)14-5-6-14/h10,12-14,16H,1-9,11H2/t13-,16+/m0/s1. The van der Waals surface area contributed by atoms with Crippen molar-refractivity contribution in [3.05, 3.63) is 17.5 Å². The Bertz CT molecular complexity index is 605. The molecule has 4 fully saturated rings. The van der Waals surface area contributed by atoms with Crippen LogP contribution in [0.15, 0.2) is 10.6 Å². The number of piperidine rings is 2. The maximum atomic E-state index is 12.7. The molecule has 1 aromatic heterocycles. The first kappa shape index (κ1) is 14.0. The van der Waals surface area contributed by atoms with E-state index in [1.54, 1.807) is 0 Å².